The molecule has 1 saturated heterocycles. The van der Waals surface area contributed by atoms with Crippen LogP contribution in [-0.2, 0) is 21.6 Å². The van der Waals surface area contributed by atoms with Crippen LogP contribution in [0.5, 0.6) is 0 Å². The molecule has 5 heteroatoms. The first-order chi connectivity index (χ1) is 16.0. The number of likely N-dealkylation sites (N-methyl/N-ethyl adjacent to an activating group) is 1. The first-order valence-corrected chi connectivity index (χ1v) is 12.7. The van der Waals surface area contributed by atoms with Crippen LogP contribution >= 0.6 is 0 Å². The highest BCUT2D eigenvalue weighted by Crippen LogP contribution is 2.40. The van der Waals surface area contributed by atoms with Gasteiger partial charge in [0, 0.05) is 37.6 Å². The van der Waals surface area contributed by atoms with Crippen molar-refractivity contribution in [3.8, 4) is 0 Å². The van der Waals surface area contributed by atoms with Crippen LogP contribution in [-0.4, -0.2) is 53.3 Å². The summed E-state index contributed by atoms with van der Waals surface area (Å²) in [6.07, 6.45) is 13.1. The van der Waals surface area contributed by atoms with Crippen molar-refractivity contribution in [1.82, 2.24) is 4.98 Å². The number of hydrogen-bond acceptors (Lipinski definition) is 4. The molecule has 1 aliphatic carbocycles. The summed E-state index contributed by atoms with van der Waals surface area (Å²) in [5.74, 6) is -0.542. The minimum absolute atomic E-state index is 0.0786. The second-order valence-electron chi connectivity index (χ2n) is 10.3. The molecule has 0 radical (unpaired) electrons. The number of ether oxygens (including phenoxy) is 1. The second kappa shape index (κ2) is 10.8. The summed E-state index contributed by atoms with van der Waals surface area (Å²) >= 11 is 0. The van der Waals surface area contributed by atoms with Crippen molar-refractivity contribution in [1.29, 1.82) is 0 Å². The molecule has 1 N–H and O–H groups in total. The predicted octanol–water partition coefficient (Wildman–Crippen LogP) is 4.63. The Labute approximate surface area is 198 Å². The number of esters is 1. The Kier molecular flexibility index (Phi) is 7.82. The first-order valence-electron chi connectivity index (χ1n) is 12.7. The van der Waals surface area contributed by atoms with Gasteiger partial charge in [-0.1, -0.05) is 55.7 Å². The van der Waals surface area contributed by atoms with Gasteiger partial charge in [-0.15, -0.1) is 0 Å². The van der Waals surface area contributed by atoms with Crippen LogP contribution in [0, 0.1) is 5.92 Å². The van der Waals surface area contributed by atoms with Gasteiger partial charge in [-0.2, -0.15) is 0 Å². The third-order valence-corrected chi connectivity index (χ3v) is 8.07. The zero-order valence-corrected chi connectivity index (χ0v) is 20.0. The molecule has 178 valence electrons. The number of benzene rings is 1. The molecular weight excluding hydrogens is 412 g/mol. The monoisotopic (exact) mass is 451 g/mol. The minimum atomic E-state index is -1.55. The second-order valence-corrected chi connectivity index (χ2v) is 10.3. The van der Waals surface area contributed by atoms with Gasteiger partial charge >= 0.3 is 5.97 Å². The topological polar surface area (TPSA) is 59.4 Å². The van der Waals surface area contributed by atoms with Crippen molar-refractivity contribution in [2.75, 3.05) is 26.7 Å². The summed E-state index contributed by atoms with van der Waals surface area (Å²) in [6, 6.07) is 13.8. The van der Waals surface area contributed by atoms with Crippen LogP contribution in [0.3, 0.4) is 0 Å². The molecular formula is C28H39N2O3+. The Balaban J connectivity index is 1.39. The van der Waals surface area contributed by atoms with Crippen molar-refractivity contribution in [2.45, 2.75) is 69.4 Å². The predicted molar refractivity (Wildman–Crippen MR) is 129 cm³/mol. The van der Waals surface area contributed by atoms with Crippen molar-refractivity contribution >= 4 is 5.97 Å². The van der Waals surface area contributed by atoms with Crippen LogP contribution in [0.4, 0.5) is 0 Å². The molecule has 33 heavy (non-hydrogen) atoms. The largest absolute Gasteiger partial charge is 0.457 e. The van der Waals surface area contributed by atoms with Crippen LogP contribution in [0.15, 0.2) is 54.9 Å². The Morgan fingerprint density at radius 1 is 1.09 bits per heavy atom. The van der Waals surface area contributed by atoms with E-state index in [1.165, 1.54) is 12.0 Å². The molecule has 0 bridgehead atoms. The van der Waals surface area contributed by atoms with E-state index in [9.17, 15) is 9.90 Å². The number of pyridine rings is 1. The SMILES string of the molecule is C[N+]1(CCCc2cccnc2)CCC[C@@H]1COC(=O)C(O)(c1ccccc1)C1CCCCC1. The van der Waals surface area contributed by atoms with E-state index >= 15 is 0 Å². The van der Waals surface area contributed by atoms with E-state index in [4.69, 9.17) is 4.74 Å². The molecule has 1 aromatic heterocycles. The molecule has 1 aromatic carbocycles. The minimum Gasteiger partial charge on any atom is -0.457 e. The highest BCUT2D eigenvalue weighted by molar-refractivity contribution is 5.81. The van der Waals surface area contributed by atoms with Crippen LogP contribution in [0.1, 0.15) is 62.5 Å². The van der Waals surface area contributed by atoms with Crippen LogP contribution in [0.25, 0.3) is 0 Å². The van der Waals surface area contributed by atoms with Gasteiger partial charge in [-0.3, -0.25) is 4.98 Å². The summed E-state index contributed by atoms with van der Waals surface area (Å²) in [6.45, 7) is 2.55. The molecule has 2 heterocycles. The Bertz CT molecular complexity index is 885. The Morgan fingerprint density at radius 2 is 1.88 bits per heavy atom. The quantitative estimate of drug-likeness (QED) is 0.446. The molecule has 2 unspecified atom stereocenters. The summed E-state index contributed by atoms with van der Waals surface area (Å²) in [5.41, 5.74) is 0.387. The lowest BCUT2D eigenvalue weighted by molar-refractivity contribution is -0.921. The maximum Gasteiger partial charge on any atom is 0.343 e. The molecule has 0 amide bonds. The van der Waals surface area contributed by atoms with Gasteiger partial charge in [-0.05, 0) is 36.5 Å². The molecule has 3 atom stereocenters. The molecule has 2 aromatic rings. The van der Waals surface area contributed by atoms with E-state index in [1.807, 2.05) is 48.8 Å². The van der Waals surface area contributed by atoms with Gasteiger partial charge in [-0.25, -0.2) is 4.79 Å². The van der Waals surface area contributed by atoms with E-state index in [2.05, 4.69) is 18.1 Å². The molecule has 5 nitrogen and oxygen atoms in total. The number of quaternary nitrogens is 1. The molecule has 1 saturated carbocycles. The van der Waals surface area contributed by atoms with Gasteiger partial charge in [0.05, 0.1) is 20.1 Å². The van der Waals surface area contributed by atoms with Gasteiger partial charge in [0.15, 0.2) is 5.60 Å². The average molecular weight is 452 g/mol. The standard InChI is InChI=1S/C28H39N2O3/c1-30(19-9-12-23-11-8-18-29-21-23)20-10-17-26(30)22-33-27(31)28(32,24-13-4-2-5-14-24)25-15-6-3-7-16-25/h2,4-5,8,11,13-14,18,21,25-26,32H,3,6-7,9-10,12,15-17,19-20,22H2,1H3/q+1/t26-,28?,30?/m1/s1. The molecule has 2 fully saturated rings. The summed E-state index contributed by atoms with van der Waals surface area (Å²) in [4.78, 5) is 17.7. The number of nitrogens with zero attached hydrogens (tertiary/aromatic N) is 2. The maximum atomic E-state index is 13.4. The fraction of sp³-hybridized carbons (Fsp3) is 0.571. The lowest BCUT2D eigenvalue weighted by Crippen LogP contribution is -2.52. The highest BCUT2D eigenvalue weighted by atomic mass is 16.6. The molecule has 1 aliphatic heterocycles. The van der Waals surface area contributed by atoms with Crippen LogP contribution in [0.2, 0.25) is 0 Å². The average Bonchev–Trinajstić information content (AvgIpc) is 3.23. The van der Waals surface area contributed by atoms with Crippen molar-refractivity contribution in [3.63, 3.8) is 0 Å². The lowest BCUT2D eigenvalue weighted by atomic mass is 9.73. The van der Waals surface area contributed by atoms with Gasteiger partial charge in [0.25, 0.3) is 0 Å². The van der Waals surface area contributed by atoms with Gasteiger partial charge < -0.3 is 14.3 Å². The zero-order chi connectivity index (χ0) is 23.2. The zero-order valence-electron chi connectivity index (χ0n) is 20.0. The fourth-order valence-electron chi connectivity index (χ4n) is 5.95. The summed E-state index contributed by atoms with van der Waals surface area (Å²) in [5, 5.41) is 11.8. The lowest BCUT2D eigenvalue weighted by Gasteiger charge is -2.39. The third-order valence-electron chi connectivity index (χ3n) is 8.07. The maximum absolute atomic E-state index is 13.4. The van der Waals surface area contributed by atoms with E-state index in [1.54, 1.807) is 0 Å². The van der Waals surface area contributed by atoms with Crippen molar-refractivity contribution in [2.24, 2.45) is 5.92 Å². The van der Waals surface area contributed by atoms with Crippen molar-refractivity contribution in [3.05, 3.63) is 66.0 Å². The number of carbonyl (C=O) groups is 1. The smallest absolute Gasteiger partial charge is 0.343 e. The Morgan fingerprint density at radius 3 is 2.61 bits per heavy atom. The summed E-state index contributed by atoms with van der Waals surface area (Å²) < 4.78 is 6.88. The number of carbonyl (C=O) groups excluding carboxylic acids is 1. The summed E-state index contributed by atoms with van der Waals surface area (Å²) in [7, 11) is 2.29. The van der Waals surface area contributed by atoms with E-state index in [-0.39, 0.29) is 12.0 Å². The number of aromatic nitrogens is 1. The number of rotatable bonds is 9. The number of hydrogen-bond donors (Lipinski definition) is 1. The molecule has 0 spiro atoms. The normalized spacial score (nSPS) is 25.5. The van der Waals surface area contributed by atoms with Crippen LogP contribution < -0.4 is 0 Å². The number of aliphatic hydroxyl groups is 1. The first kappa shape index (κ1) is 23.9. The van der Waals surface area contributed by atoms with Gasteiger partial charge in [0.2, 0.25) is 0 Å². The fourth-order valence-corrected chi connectivity index (χ4v) is 5.95. The van der Waals surface area contributed by atoms with Gasteiger partial charge in [0.1, 0.15) is 12.6 Å². The number of aryl methyl sites for hydroxylation is 1. The van der Waals surface area contributed by atoms with E-state index in [0.717, 1.165) is 68.9 Å². The third kappa shape index (κ3) is 5.47. The highest BCUT2D eigenvalue weighted by Gasteiger charge is 2.48. The van der Waals surface area contributed by atoms with E-state index < -0.39 is 11.6 Å². The van der Waals surface area contributed by atoms with Crippen molar-refractivity contribution < 1.29 is 19.1 Å². The molecule has 4 rings (SSSR count). The Hall–Kier alpha value is -2.24. The number of likely N-dealkylation sites (tertiary alicyclic amines) is 1. The van der Waals surface area contributed by atoms with E-state index in [0.29, 0.717) is 12.2 Å². The molecule has 2 aliphatic rings.